The van der Waals surface area contributed by atoms with E-state index in [4.69, 9.17) is 0 Å². The largest absolute Gasteiger partial charge is 0.350 e. The van der Waals surface area contributed by atoms with Crippen LogP contribution < -0.4 is 16.0 Å². The van der Waals surface area contributed by atoms with Crippen LogP contribution >= 0.6 is 15.9 Å². The maximum atomic E-state index is 12.1. The van der Waals surface area contributed by atoms with E-state index in [1.807, 2.05) is 6.07 Å². The second-order valence-corrected chi connectivity index (χ2v) is 7.19. The molecule has 27 heavy (non-hydrogen) atoms. The Hall–Kier alpha value is -2.67. The first-order valence-corrected chi connectivity index (χ1v) is 9.56. The lowest BCUT2D eigenvalue weighted by Crippen LogP contribution is -2.34. The predicted molar refractivity (Wildman–Crippen MR) is 107 cm³/mol. The van der Waals surface area contributed by atoms with Crippen LogP contribution in [0.2, 0.25) is 0 Å². The van der Waals surface area contributed by atoms with E-state index in [1.165, 1.54) is 0 Å². The van der Waals surface area contributed by atoms with Gasteiger partial charge in [-0.05, 0) is 65.2 Å². The Balaban J connectivity index is 1.42. The summed E-state index contributed by atoms with van der Waals surface area (Å²) < 4.78 is 0.723. The highest BCUT2D eigenvalue weighted by molar-refractivity contribution is 9.10. The number of carbonyl (C=O) groups is 3. The van der Waals surface area contributed by atoms with Gasteiger partial charge in [0.25, 0.3) is 11.8 Å². The molecule has 0 aromatic heterocycles. The minimum absolute atomic E-state index is 0.0352. The SMILES string of the molecule is O=C(NCCNC(=O)c1ccccc1Br)c1ccc(NC(=O)C2CC2)cc1. The molecule has 3 rings (SSSR count). The molecule has 7 heteroatoms. The molecule has 0 heterocycles. The van der Waals surface area contributed by atoms with Crippen molar-refractivity contribution in [2.45, 2.75) is 12.8 Å². The Labute approximate surface area is 165 Å². The summed E-state index contributed by atoms with van der Waals surface area (Å²) >= 11 is 3.33. The molecule has 0 radical (unpaired) electrons. The van der Waals surface area contributed by atoms with Crippen molar-refractivity contribution in [1.29, 1.82) is 0 Å². The van der Waals surface area contributed by atoms with Gasteiger partial charge >= 0.3 is 0 Å². The van der Waals surface area contributed by atoms with Gasteiger partial charge in [-0.15, -0.1) is 0 Å². The summed E-state index contributed by atoms with van der Waals surface area (Å²) in [6.45, 7) is 0.636. The van der Waals surface area contributed by atoms with Crippen molar-refractivity contribution >= 4 is 39.3 Å². The molecule has 3 amide bonds. The molecule has 3 N–H and O–H groups in total. The number of nitrogens with one attached hydrogen (secondary N) is 3. The predicted octanol–water partition coefficient (Wildman–Crippen LogP) is 2.96. The van der Waals surface area contributed by atoms with Gasteiger partial charge in [0.1, 0.15) is 0 Å². The summed E-state index contributed by atoms with van der Waals surface area (Å²) in [6, 6.07) is 13.9. The van der Waals surface area contributed by atoms with Crippen molar-refractivity contribution in [2.75, 3.05) is 18.4 Å². The lowest BCUT2D eigenvalue weighted by atomic mass is 10.2. The highest BCUT2D eigenvalue weighted by Crippen LogP contribution is 2.30. The quantitative estimate of drug-likeness (QED) is 0.591. The zero-order valence-electron chi connectivity index (χ0n) is 14.6. The molecule has 0 spiro atoms. The molecule has 1 fully saturated rings. The van der Waals surface area contributed by atoms with Crippen molar-refractivity contribution in [3.63, 3.8) is 0 Å². The third kappa shape index (κ3) is 5.40. The van der Waals surface area contributed by atoms with Gasteiger partial charge in [-0.1, -0.05) is 12.1 Å². The molecule has 0 bridgehead atoms. The zero-order valence-corrected chi connectivity index (χ0v) is 16.2. The Morgan fingerprint density at radius 3 is 2.15 bits per heavy atom. The number of anilines is 1. The van der Waals surface area contributed by atoms with Crippen LogP contribution in [0.5, 0.6) is 0 Å². The fourth-order valence-corrected chi connectivity index (χ4v) is 2.95. The molecular weight excluding hydrogens is 410 g/mol. The Morgan fingerprint density at radius 2 is 1.52 bits per heavy atom. The van der Waals surface area contributed by atoms with E-state index >= 15 is 0 Å². The lowest BCUT2D eigenvalue weighted by Gasteiger charge is -2.09. The zero-order chi connectivity index (χ0) is 19.2. The van der Waals surface area contributed by atoms with Gasteiger partial charge in [0, 0.05) is 34.7 Å². The number of amides is 3. The Morgan fingerprint density at radius 1 is 0.889 bits per heavy atom. The molecule has 6 nitrogen and oxygen atoms in total. The van der Waals surface area contributed by atoms with Crippen LogP contribution in [0.25, 0.3) is 0 Å². The third-order valence-electron chi connectivity index (χ3n) is 4.18. The summed E-state index contributed by atoms with van der Waals surface area (Å²) in [5, 5.41) is 8.35. The van der Waals surface area contributed by atoms with Gasteiger partial charge in [0.05, 0.1) is 5.56 Å². The van der Waals surface area contributed by atoms with Gasteiger partial charge in [-0.25, -0.2) is 0 Å². The molecule has 2 aromatic rings. The van der Waals surface area contributed by atoms with Crippen molar-refractivity contribution in [1.82, 2.24) is 10.6 Å². The number of hydrogen-bond acceptors (Lipinski definition) is 3. The van der Waals surface area contributed by atoms with Crippen molar-refractivity contribution < 1.29 is 14.4 Å². The van der Waals surface area contributed by atoms with E-state index in [9.17, 15) is 14.4 Å². The lowest BCUT2D eigenvalue weighted by molar-refractivity contribution is -0.117. The smallest absolute Gasteiger partial charge is 0.252 e. The van der Waals surface area contributed by atoms with Crippen LogP contribution in [-0.2, 0) is 4.79 Å². The van der Waals surface area contributed by atoms with Crippen LogP contribution in [0.4, 0.5) is 5.69 Å². The van der Waals surface area contributed by atoms with Crippen molar-refractivity contribution in [3.8, 4) is 0 Å². The molecule has 1 aliphatic rings. The van der Waals surface area contributed by atoms with Crippen LogP contribution in [0.15, 0.2) is 53.0 Å². The van der Waals surface area contributed by atoms with Gasteiger partial charge < -0.3 is 16.0 Å². The highest BCUT2D eigenvalue weighted by atomic mass is 79.9. The summed E-state index contributed by atoms with van der Waals surface area (Å²) in [4.78, 5) is 35.9. The molecule has 1 aliphatic carbocycles. The van der Waals surface area contributed by atoms with Crippen LogP contribution in [0, 0.1) is 5.92 Å². The minimum atomic E-state index is -0.231. The molecule has 0 aliphatic heterocycles. The summed E-state index contributed by atoms with van der Waals surface area (Å²) in [5.74, 6) is -0.259. The Kier molecular flexibility index (Phi) is 6.24. The second kappa shape index (κ2) is 8.81. The van der Waals surface area contributed by atoms with Gasteiger partial charge in [-0.3, -0.25) is 14.4 Å². The number of halogens is 1. The van der Waals surface area contributed by atoms with Gasteiger partial charge in [-0.2, -0.15) is 0 Å². The van der Waals surface area contributed by atoms with Crippen molar-refractivity contribution in [2.24, 2.45) is 5.92 Å². The van der Waals surface area contributed by atoms with E-state index in [1.54, 1.807) is 42.5 Å². The molecule has 0 saturated heterocycles. The summed E-state index contributed by atoms with van der Waals surface area (Å²) in [5.41, 5.74) is 1.73. The average Bonchev–Trinajstić information content (AvgIpc) is 3.51. The summed E-state index contributed by atoms with van der Waals surface area (Å²) in [6.07, 6.45) is 1.90. The number of benzene rings is 2. The van der Waals surface area contributed by atoms with E-state index in [-0.39, 0.29) is 23.6 Å². The summed E-state index contributed by atoms with van der Waals surface area (Å²) in [7, 11) is 0. The van der Waals surface area contributed by atoms with Gasteiger partial charge in [0.15, 0.2) is 0 Å². The van der Waals surface area contributed by atoms with Crippen LogP contribution in [0.1, 0.15) is 33.6 Å². The van der Waals surface area contributed by atoms with Crippen LogP contribution in [-0.4, -0.2) is 30.8 Å². The monoisotopic (exact) mass is 429 g/mol. The Bertz CT molecular complexity index is 848. The molecule has 0 unspecified atom stereocenters. The van der Waals surface area contributed by atoms with E-state index < -0.39 is 0 Å². The average molecular weight is 430 g/mol. The minimum Gasteiger partial charge on any atom is -0.350 e. The number of carbonyl (C=O) groups excluding carboxylic acids is 3. The first kappa shape index (κ1) is 19.1. The van der Waals surface area contributed by atoms with Gasteiger partial charge in [0.2, 0.25) is 5.91 Å². The maximum Gasteiger partial charge on any atom is 0.252 e. The van der Waals surface area contributed by atoms with Crippen LogP contribution in [0.3, 0.4) is 0 Å². The fraction of sp³-hybridized carbons (Fsp3) is 0.250. The third-order valence-corrected chi connectivity index (χ3v) is 4.87. The number of rotatable bonds is 7. The normalized spacial score (nSPS) is 12.9. The topological polar surface area (TPSA) is 87.3 Å². The standard InChI is InChI=1S/C20H20BrN3O3/c21-17-4-2-1-3-16(17)20(27)23-12-11-22-18(25)13-7-9-15(10-8-13)24-19(26)14-5-6-14/h1-4,7-10,14H,5-6,11-12H2,(H,22,25)(H,23,27)(H,24,26). The molecule has 1 saturated carbocycles. The van der Waals surface area contributed by atoms with E-state index in [2.05, 4.69) is 31.9 Å². The molecule has 0 atom stereocenters. The first-order chi connectivity index (χ1) is 13.0. The molecular formula is C20H20BrN3O3. The van der Waals surface area contributed by atoms with E-state index in [0.717, 1.165) is 17.3 Å². The molecule has 2 aromatic carbocycles. The molecule has 140 valence electrons. The maximum absolute atomic E-state index is 12.1. The fourth-order valence-electron chi connectivity index (χ4n) is 2.49. The second-order valence-electron chi connectivity index (χ2n) is 6.33. The van der Waals surface area contributed by atoms with E-state index in [0.29, 0.717) is 29.9 Å². The number of hydrogen-bond donors (Lipinski definition) is 3. The first-order valence-electron chi connectivity index (χ1n) is 8.76. The highest BCUT2D eigenvalue weighted by Gasteiger charge is 2.29. The van der Waals surface area contributed by atoms with Crippen molar-refractivity contribution in [3.05, 3.63) is 64.1 Å².